The molecule has 0 saturated heterocycles. The molecule has 0 radical (unpaired) electrons. The normalized spacial score (nSPS) is 12.6. The van der Waals surface area contributed by atoms with Gasteiger partial charge in [0.05, 0.1) is 19.3 Å². The van der Waals surface area contributed by atoms with Crippen molar-refractivity contribution in [1.82, 2.24) is 14.7 Å². The molecule has 2 aromatic heterocycles. The Bertz CT molecular complexity index is 580. The summed E-state index contributed by atoms with van der Waals surface area (Å²) in [4.78, 5) is 16.3. The Morgan fingerprint density at radius 3 is 3.00 bits per heavy atom. The predicted octanol–water partition coefficient (Wildman–Crippen LogP) is 0.380. The summed E-state index contributed by atoms with van der Waals surface area (Å²) in [6.07, 6.45) is 1.68. The number of nitrogens with one attached hydrogen (secondary N) is 1. The lowest BCUT2D eigenvalue weighted by Gasteiger charge is -2.13. The molecule has 1 unspecified atom stereocenters. The van der Waals surface area contributed by atoms with Gasteiger partial charge in [0.25, 0.3) is 5.91 Å². The van der Waals surface area contributed by atoms with Crippen LogP contribution in [-0.4, -0.2) is 46.8 Å². The maximum atomic E-state index is 12.0. The van der Waals surface area contributed by atoms with E-state index in [1.54, 1.807) is 6.20 Å². The molecule has 6 heteroatoms. The van der Waals surface area contributed by atoms with Gasteiger partial charge in [-0.05, 0) is 19.1 Å². The van der Waals surface area contributed by atoms with Crippen molar-refractivity contribution in [1.29, 1.82) is 0 Å². The van der Waals surface area contributed by atoms with Crippen molar-refractivity contribution in [2.45, 2.75) is 13.0 Å². The molecule has 0 spiro atoms. The van der Waals surface area contributed by atoms with E-state index in [1.807, 2.05) is 29.5 Å². The van der Waals surface area contributed by atoms with Gasteiger partial charge in [0.15, 0.2) is 0 Å². The lowest BCUT2D eigenvalue weighted by atomic mass is 10.3. The molecule has 2 aromatic rings. The molecule has 0 aliphatic carbocycles. The van der Waals surface area contributed by atoms with Gasteiger partial charge in [-0.1, -0.05) is 6.07 Å². The SMILES string of the molecule is COCC(CO)NC(=O)c1cn2c(C)cccc2n1. The molecule has 19 heavy (non-hydrogen) atoms. The number of ether oxygens (including phenoxy) is 1. The van der Waals surface area contributed by atoms with Crippen LogP contribution in [0.1, 0.15) is 16.2 Å². The lowest BCUT2D eigenvalue weighted by Crippen LogP contribution is -2.40. The van der Waals surface area contributed by atoms with E-state index in [-0.39, 0.29) is 19.1 Å². The van der Waals surface area contributed by atoms with Gasteiger partial charge in [0, 0.05) is 19.0 Å². The van der Waals surface area contributed by atoms with Crippen molar-refractivity contribution in [2.75, 3.05) is 20.3 Å². The molecule has 0 bridgehead atoms. The van der Waals surface area contributed by atoms with Crippen LogP contribution in [0, 0.1) is 6.92 Å². The number of rotatable bonds is 5. The summed E-state index contributed by atoms with van der Waals surface area (Å²) in [6, 6.07) is 5.24. The first-order chi connectivity index (χ1) is 9.15. The summed E-state index contributed by atoms with van der Waals surface area (Å²) in [5.74, 6) is -0.320. The number of carbonyl (C=O) groups is 1. The largest absolute Gasteiger partial charge is 0.394 e. The molecule has 102 valence electrons. The van der Waals surface area contributed by atoms with Crippen molar-refractivity contribution in [3.63, 3.8) is 0 Å². The molecular weight excluding hydrogens is 246 g/mol. The van der Waals surface area contributed by atoms with E-state index < -0.39 is 6.04 Å². The molecular formula is C13H17N3O3. The van der Waals surface area contributed by atoms with Crippen LogP contribution in [0.4, 0.5) is 0 Å². The Balaban J connectivity index is 2.19. The number of carbonyl (C=O) groups excluding carboxylic acids is 1. The van der Waals surface area contributed by atoms with Crippen molar-refractivity contribution in [3.05, 3.63) is 35.8 Å². The van der Waals surface area contributed by atoms with Crippen molar-refractivity contribution in [3.8, 4) is 0 Å². The molecule has 0 fully saturated rings. The van der Waals surface area contributed by atoms with Crippen LogP contribution in [-0.2, 0) is 4.74 Å². The third kappa shape index (κ3) is 2.91. The summed E-state index contributed by atoms with van der Waals surface area (Å²) in [5, 5.41) is 11.8. The first kappa shape index (κ1) is 13.5. The molecule has 0 aromatic carbocycles. The number of imidazole rings is 1. The van der Waals surface area contributed by atoms with Crippen LogP contribution in [0.25, 0.3) is 5.65 Å². The summed E-state index contributed by atoms with van der Waals surface area (Å²) >= 11 is 0. The second-order valence-electron chi connectivity index (χ2n) is 4.33. The molecule has 2 rings (SSSR count). The number of pyridine rings is 1. The smallest absolute Gasteiger partial charge is 0.271 e. The summed E-state index contributed by atoms with van der Waals surface area (Å²) in [5.41, 5.74) is 2.04. The van der Waals surface area contributed by atoms with Crippen LogP contribution in [0.5, 0.6) is 0 Å². The van der Waals surface area contributed by atoms with E-state index in [0.717, 1.165) is 11.3 Å². The molecule has 1 atom stereocenters. The topological polar surface area (TPSA) is 75.9 Å². The highest BCUT2D eigenvalue weighted by Crippen LogP contribution is 2.08. The molecule has 6 nitrogen and oxygen atoms in total. The zero-order valence-electron chi connectivity index (χ0n) is 11.0. The number of aliphatic hydroxyl groups is 1. The lowest BCUT2D eigenvalue weighted by molar-refractivity contribution is 0.0835. The van der Waals surface area contributed by atoms with Crippen LogP contribution in [0.15, 0.2) is 24.4 Å². The second kappa shape index (κ2) is 5.81. The minimum absolute atomic E-state index is 0.175. The maximum absolute atomic E-state index is 12.0. The van der Waals surface area contributed by atoms with Gasteiger partial charge in [-0.15, -0.1) is 0 Å². The van der Waals surface area contributed by atoms with Crippen LogP contribution >= 0.6 is 0 Å². The molecule has 2 N–H and O–H groups in total. The highest BCUT2D eigenvalue weighted by atomic mass is 16.5. The molecule has 2 heterocycles. The van der Waals surface area contributed by atoms with E-state index in [4.69, 9.17) is 9.84 Å². The predicted molar refractivity (Wildman–Crippen MR) is 70.1 cm³/mol. The van der Waals surface area contributed by atoms with E-state index in [0.29, 0.717) is 5.69 Å². The van der Waals surface area contributed by atoms with E-state index in [9.17, 15) is 4.79 Å². The Kier molecular flexibility index (Phi) is 4.13. The zero-order valence-corrected chi connectivity index (χ0v) is 11.0. The molecule has 0 saturated carbocycles. The Morgan fingerprint density at radius 1 is 1.58 bits per heavy atom. The average molecular weight is 263 g/mol. The van der Waals surface area contributed by atoms with Gasteiger partial charge in [-0.3, -0.25) is 4.79 Å². The first-order valence-corrected chi connectivity index (χ1v) is 6.01. The second-order valence-corrected chi connectivity index (χ2v) is 4.33. The number of fused-ring (bicyclic) bond motifs is 1. The minimum Gasteiger partial charge on any atom is -0.394 e. The van der Waals surface area contributed by atoms with Gasteiger partial charge >= 0.3 is 0 Å². The number of aromatic nitrogens is 2. The van der Waals surface area contributed by atoms with Crippen LogP contribution < -0.4 is 5.32 Å². The van der Waals surface area contributed by atoms with E-state index in [1.165, 1.54) is 7.11 Å². The summed E-state index contributed by atoms with van der Waals surface area (Å²) in [6.45, 7) is 2.03. The quantitative estimate of drug-likeness (QED) is 0.817. The standard InChI is InChI=1S/C13H17N3O3/c1-9-4-3-5-12-15-11(6-16(9)12)13(18)14-10(7-17)8-19-2/h3-6,10,17H,7-8H2,1-2H3,(H,14,18). The average Bonchev–Trinajstić information content (AvgIpc) is 2.83. The fraction of sp³-hybridized carbons (Fsp3) is 0.385. The van der Waals surface area contributed by atoms with Gasteiger partial charge < -0.3 is 19.6 Å². The number of hydrogen-bond acceptors (Lipinski definition) is 4. The number of nitrogens with zero attached hydrogens (tertiary/aromatic N) is 2. The third-order valence-corrected chi connectivity index (χ3v) is 2.85. The number of aryl methyl sites for hydroxylation is 1. The maximum Gasteiger partial charge on any atom is 0.271 e. The van der Waals surface area contributed by atoms with Crippen LogP contribution in [0.2, 0.25) is 0 Å². The van der Waals surface area contributed by atoms with Gasteiger partial charge in [0.2, 0.25) is 0 Å². The first-order valence-electron chi connectivity index (χ1n) is 6.01. The third-order valence-electron chi connectivity index (χ3n) is 2.85. The Morgan fingerprint density at radius 2 is 2.37 bits per heavy atom. The summed E-state index contributed by atoms with van der Waals surface area (Å²) in [7, 11) is 1.52. The molecule has 1 amide bonds. The molecule has 0 aliphatic rings. The number of methoxy groups -OCH3 is 1. The zero-order chi connectivity index (χ0) is 13.8. The number of amides is 1. The van der Waals surface area contributed by atoms with E-state index in [2.05, 4.69) is 10.3 Å². The van der Waals surface area contributed by atoms with Crippen molar-refractivity contribution >= 4 is 11.6 Å². The Hall–Kier alpha value is -1.92. The van der Waals surface area contributed by atoms with Gasteiger partial charge in [-0.2, -0.15) is 0 Å². The minimum atomic E-state index is -0.427. The highest BCUT2D eigenvalue weighted by Gasteiger charge is 2.15. The molecule has 0 aliphatic heterocycles. The van der Waals surface area contributed by atoms with Crippen molar-refractivity contribution in [2.24, 2.45) is 0 Å². The fourth-order valence-corrected chi connectivity index (χ4v) is 1.86. The van der Waals surface area contributed by atoms with Gasteiger partial charge in [0.1, 0.15) is 11.3 Å². The Labute approximate surface area is 111 Å². The van der Waals surface area contributed by atoms with Gasteiger partial charge in [-0.25, -0.2) is 4.98 Å². The fourth-order valence-electron chi connectivity index (χ4n) is 1.86. The number of hydrogen-bond donors (Lipinski definition) is 2. The van der Waals surface area contributed by atoms with Crippen molar-refractivity contribution < 1.29 is 14.6 Å². The van der Waals surface area contributed by atoms with E-state index >= 15 is 0 Å². The highest BCUT2D eigenvalue weighted by molar-refractivity contribution is 5.93. The van der Waals surface area contributed by atoms with Crippen LogP contribution in [0.3, 0.4) is 0 Å². The number of aliphatic hydroxyl groups excluding tert-OH is 1. The monoisotopic (exact) mass is 263 g/mol. The summed E-state index contributed by atoms with van der Waals surface area (Å²) < 4.78 is 6.76.